The van der Waals surface area contributed by atoms with E-state index in [2.05, 4.69) is 5.10 Å². The van der Waals surface area contributed by atoms with Crippen molar-refractivity contribution in [3.8, 4) is 16.3 Å². The second-order valence-electron chi connectivity index (χ2n) is 6.72. The largest absolute Gasteiger partial charge is 0.454 e. The highest BCUT2D eigenvalue weighted by molar-refractivity contribution is 7.89. The molecule has 0 bridgehead atoms. The first-order valence-corrected chi connectivity index (χ1v) is 11.8. The van der Waals surface area contributed by atoms with E-state index in [1.54, 1.807) is 10.9 Å². The number of carbonyl (C=O) groups excluding carboxylic acids is 2. The molecule has 162 valence electrons. The van der Waals surface area contributed by atoms with Crippen LogP contribution in [0.3, 0.4) is 0 Å². The van der Waals surface area contributed by atoms with Crippen molar-refractivity contribution in [1.82, 2.24) is 9.78 Å². The van der Waals surface area contributed by atoms with E-state index in [4.69, 9.17) is 9.88 Å². The molecule has 2 N–H and O–H groups in total. The molecular weight excluding hydrogens is 450 g/mol. The molecule has 0 saturated heterocycles. The highest BCUT2D eigenvalue weighted by Crippen LogP contribution is 2.28. The van der Waals surface area contributed by atoms with Crippen LogP contribution in [0.4, 0.5) is 0 Å². The number of ketones is 1. The number of nitrogens with zero attached hydrogens (tertiary/aromatic N) is 2. The zero-order valence-electron chi connectivity index (χ0n) is 16.5. The van der Waals surface area contributed by atoms with E-state index in [9.17, 15) is 18.0 Å². The maximum atomic E-state index is 12.8. The van der Waals surface area contributed by atoms with Gasteiger partial charge < -0.3 is 4.74 Å². The number of benzene rings is 2. The molecule has 0 atom stereocenters. The lowest BCUT2D eigenvalue weighted by molar-refractivity contribution is 0.0475. The maximum absolute atomic E-state index is 12.8. The Hall–Kier alpha value is -3.60. The van der Waals surface area contributed by atoms with Gasteiger partial charge in [0.2, 0.25) is 10.0 Å². The van der Waals surface area contributed by atoms with Gasteiger partial charge in [-0.2, -0.15) is 5.10 Å². The topological polar surface area (TPSA) is 121 Å². The molecule has 0 aliphatic heterocycles. The molecule has 0 aliphatic carbocycles. The molecule has 32 heavy (non-hydrogen) atoms. The minimum Gasteiger partial charge on any atom is -0.454 e. The summed E-state index contributed by atoms with van der Waals surface area (Å²) >= 11 is 1.43. The van der Waals surface area contributed by atoms with E-state index in [0.29, 0.717) is 5.69 Å². The van der Waals surface area contributed by atoms with Gasteiger partial charge in [0.1, 0.15) is 11.3 Å². The molecule has 0 amide bonds. The van der Waals surface area contributed by atoms with Gasteiger partial charge in [0.15, 0.2) is 12.4 Å². The van der Waals surface area contributed by atoms with Gasteiger partial charge in [-0.1, -0.05) is 24.3 Å². The monoisotopic (exact) mass is 467 g/mol. The predicted molar refractivity (Wildman–Crippen MR) is 119 cm³/mol. The molecule has 4 rings (SSSR count). The second kappa shape index (κ2) is 8.87. The highest BCUT2D eigenvalue weighted by Gasteiger charge is 2.22. The summed E-state index contributed by atoms with van der Waals surface area (Å²) in [6.45, 7) is -0.506. The van der Waals surface area contributed by atoms with Crippen LogP contribution < -0.4 is 5.14 Å². The number of Topliss-reactive ketones (excluding diaryl/α,β-unsaturated/α-hetero) is 1. The highest BCUT2D eigenvalue weighted by atomic mass is 32.2. The Kier molecular flexibility index (Phi) is 5.99. The van der Waals surface area contributed by atoms with E-state index in [1.807, 2.05) is 47.8 Å². The lowest BCUT2D eigenvalue weighted by atomic mass is 10.1. The molecule has 0 unspecified atom stereocenters. The molecular formula is C22H17N3O5S2. The minimum atomic E-state index is -3.86. The number of carbonyl (C=O) groups is 2. The number of primary sulfonamides is 1. The maximum Gasteiger partial charge on any atom is 0.342 e. The SMILES string of the molecule is NS(=O)(=O)c1ccc(C(=O)COC(=O)c2cn(-c3ccccc3)nc2-c2cccs2)cc1. The van der Waals surface area contributed by atoms with Gasteiger partial charge >= 0.3 is 5.97 Å². The van der Waals surface area contributed by atoms with E-state index < -0.39 is 28.4 Å². The number of para-hydroxylation sites is 1. The summed E-state index contributed by atoms with van der Waals surface area (Å²) in [6, 6.07) is 18.1. The number of hydrogen-bond donors (Lipinski definition) is 1. The number of nitrogens with two attached hydrogens (primary N) is 1. The van der Waals surface area contributed by atoms with Crippen molar-refractivity contribution in [3.63, 3.8) is 0 Å². The average molecular weight is 468 g/mol. The number of thiophene rings is 1. The van der Waals surface area contributed by atoms with Crippen molar-refractivity contribution in [2.24, 2.45) is 5.14 Å². The fourth-order valence-corrected chi connectivity index (χ4v) is 4.19. The lowest BCUT2D eigenvalue weighted by Crippen LogP contribution is -2.15. The van der Waals surface area contributed by atoms with Crippen LogP contribution in [0.5, 0.6) is 0 Å². The van der Waals surface area contributed by atoms with Crippen LogP contribution in [-0.4, -0.2) is 36.6 Å². The van der Waals surface area contributed by atoms with Gasteiger partial charge in [-0.15, -0.1) is 11.3 Å². The number of rotatable bonds is 7. The van der Waals surface area contributed by atoms with Crippen molar-refractivity contribution in [1.29, 1.82) is 0 Å². The van der Waals surface area contributed by atoms with Crippen LogP contribution in [0.2, 0.25) is 0 Å². The quantitative estimate of drug-likeness (QED) is 0.329. The zero-order valence-corrected chi connectivity index (χ0v) is 18.2. The van der Waals surface area contributed by atoms with Crippen LogP contribution in [-0.2, 0) is 14.8 Å². The minimum absolute atomic E-state index is 0.111. The van der Waals surface area contributed by atoms with Gasteiger partial charge in [0.25, 0.3) is 0 Å². The van der Waals surface area contributed by atoms with Crippen LogP contribution >= 0.6 is 11.3 Å². The number of esters is 1. The van der Waals surface area contributed by atoms with Crippen LogP contribution in [0.1, 0.15) is 20.7 Å². The standard InChI is InChI=1S/C22H17N3O5S2/c23-32(28,29)17-10-8-15(9-11-17)19(26)14-30-22(27)18-13-25(16-5-2-1-3-6-16)24-21(18)20-7-4-12-31-20/h1-13H,14H2,(H2,23,28,29). The summed E-state index contributed by atoms with van der Waals surface area (Å²) in [5, 5.41) is 11.5. The van der Waals surface area contributed by atoms with E-state index >= 15 is 0 Å². The molecule has 2 heterocycles. The molecule has 0 saturated carbocycles. The normalized spacial score (nSPS) is 11.3. The molecule has 10 heteroatoms. The fourth-order valence-electron chi connectivity index (χ4n) is 2.95. The van der Waals surface area contributed by atoms with Gasteiger partial charge in [-0.05, 0) is 47.8 Å². The average Bonchev–Trinajstić information content (AvgIpc) is 3.47. The zero-order chi connectivity index (χ0) is 22.7. The second-order valence-corrected chi connectivity index (χ2v) is 9.23. The van der Waals surface area contributed by atoms with Crippen molar-refractivity contribution < 1.29 is 22.7 Å². The third-order valence-corrected chi connectivity index (χ3v) is 6.35. The smallest absolute Gasteiger partial charge is 0.342 e. The van der Waals surface area contributed by atoms with Crippen LogP contribution in [0, 0.1) is 0 Å². The molecule has 0 spiro atoms. The third kappa shape index (κ3) is 4.67. The molecule has 2 aromatic carbocycles. The Balaban J connectivity index is 1.54. The van der Waals surface area contributed by atoms with Gasteiger partial charge in [0, 0.05) is 11.8 Å². The predicted octanol–water partition coefficient (Wildman–Crippen LogP) is 3.29. The summed E-state index contributed by atoms with van der Waals surface area (Å²) in [5.41, 5.74) is 1.66. The first kappa shape index (κ1) is 21.6. The van der Waals surface area contributed by atoms with Crippen molar-refractivity contribution in [2.45, 2.75) is 4.90 Å². The fraction of sp³-hybridized carbons (Fsp3) is 0.0455. The Bertz CT molecular complexity index is 1360. The lowest BCUT2D eigenvalue weighted by Gasteiger charge is -2.05. The Morgan fingerprint density at radius 3 is 2.34 bits per heavy atom. The van der Waals surface area contributed by atoms with Crippen LogP contribution in [0.25, 0.3) is 16.3 Å². The Morgan fingerprint density at radius 2 is 1.72 bits per heavy atom. The first-order valence-electron chi connectivity index (χ1n) is 9.35. The van der Waals surface area contributed by atoms with E-state index in [0.717, 1.165) is 10.6 Å². The molecule has 4 aromatic rings. The van der Waals surface area contributed by atoms with Gasteiger partial charge in [-0.3, -0.25) is 4.79 Å². The van der Waals surface area contributed by atoms with Crippen molar-refractivity contribution in [2.75, 3.05) is 6.61 Å². The summed E-state index contributed by atoms with van der Waals surface area (Å²) in [4.78, 5) is 25.9. The van der Waals surface area contributed by atoms with Gasteiger partial charge in [0.05, 0.1) is 15.5 Å². The molecule has 2 aromatic heterocycles. The summed E-state index contributed by atoms with van der Waals surface area (Å²) < 4.78 is 29.5. The van der Waals surface area contributed by atoms with Gasteiger partial charge in [-0.25, -0.2) is 23.0 Å². The van der Waals surface area contributed by atoms with E-state index in [-0.39, 0.29) is 16.0 Å². The number of sulfonamides is 1. The van der Waals surface area contributed by atoms with Crippen molar-refractivity contribution in [3.05, 3.63) is 89.4 Å². The number of aromatic nitrogens is 2. The first-order chi connectivity index (χ1) is 15.3. The van der Waals surface area contributed by atoms with Crippen LogP contribution in [0.15, 0.2) is 83.2 Å². The molecule has 8 nitrogen and oxygen atoms in total. The summed E-state index contributed by atoms with van der Waals surface area (Å²) in [6.07, 6.45) is 1.57. The number of hydrogen-bond acceptors (Lipinski definition) is 7. The molecule has 0 aliphatic rings. The summed E-state index contributed by atoms with van der Waals surface area (Å²) in [7, 11) is -3.86. The third-order valence-electron chi connectivity index (χ3n) is 4.55. The van der Waals surface area contributed by atoms with Crippen molar-refractivity contribution >= 4 is 33.1 Å². The summed E-state index contributed by atoms with van der Waals surface area (Å²) in [5.74, 6) is -1.17. The number of ether oxygens (including phenoxy) is 1. The van der Waals surface area contributed by atoms with E-state index in [1.165, 1.54) is 35.6 Å². The molecule has 0 fully saturated rings. The Labute approximate surface area is 187 Å². The Morgan fingerprint density at radius 1 is 1.00 bits per heavy atom. The molecule has 0 radical (unpaired) electrons.